The zero-order valence-electron chi connectivity index (χ0n) is 14.7. The third kappa shape index (κ3) is 2.70. The molecular weight excluding hydrogens is 310 g/mol. The van der Waals surface area contributed by atoms with Gasteiger partial charge in [0.15, 0.2) is 5.76 Å². The molecule has 4 heteroatoms. The van der Waals surface area contributed by atoms with Crippen molar-refractivity contribution in [2.24, 2.45) is 0 Å². The van der Waals surface area contributed by atoms with Crippen molar-refractivity contribution in [1.82, 2.24) is 9.38 Å². The Morgan fingerprint density at radius 3 is 2.48 bits per heavy atom. The van der Waals surface area contributed by atoms with Gasteiger partial charge in [0, 0.05) is 32.3 Å². The van der Waals surface area contributed by atoms with Gasteiger partial charge in [-0.25, -0.2) is 4.98 Å². The highest BCUT2D eigenvalue weighted by atomic mass is 16.3. The molecule has 4 rings (SSSR count). The summed E-state index contributed by atoms with van der Waals surface area (Å²) in [5.74, 6) is 1.83. The van der Waals surface area contributed by atoms with Crippen LogP contribution in [0, 0.1) is 0 Å². The van der Waals surface area contributed by atoms with Crippen LogP contribution in [0.2, 0.25) is 0 Å². The Morgan fingerprint density at radius 1 is 1.00 bits per heavy atom. The fourth-order valence-corrected chi connectivity index (χ4v) is 3.03. The van der Waals surface area contributed by atoms with Crippen LogP contribution in [0.4, 0.5) is 5.69 Å². The van der Waals surface area contributed by atoms with Gasteiger partial charge >= 0.3 is 0 Å². The second-order valence-corrected chi connectivity index (χ2v) is 6.30. The predicted molar refractivity (Wildman–Crippen MR) is 102 cm³/mol. The van der Waals surface area contributed by atoms with Crippen molar-refractivity contribution in [2.75, 3.05) is 19.0 Å². The van der Waals surface area contributed by atoms with Gasteiger partial charge in [-0.05, 0) is 24.3 Å². The van der Waals surface area contributed by atoms with Crippen molar-refractivity contribution in [3.8, 4) is 22.7 Å². The zero-order valence-corrected chi connectivity index (χ0v) is 14.7. The molecule has 25 heavy (non-hydrogen) atoms. The summed E-state index contributed by atoms with van der Waals surface area (Å²) in [6, 6.07) is 18.5. The van der Waals surface area contributed by atoms with Gasteiger partial charge in [-0.15, -0.1) is 0 Å². The molecule has 0 bridgehead atoms. The Bertz CT molecular complexity index is 1010. The monoisotopic (exact) mass is 331 g/mol. The lowest BCUT2D eigenvalue weighted by molar-refractivity contribution is 0.527. The molecule has 0 aliphatic carbocycles. The van der Waals surface area contributed by atoms with E-state index in [9.17, 15) is 0 Å². The van der Waals surface area contributed by atoms with Crippen molar-refractivity contribution in [1.29, 1.82) is 0 Å². The average Bonchev–Trinajstić information content (AvgIpc) is 3.25. The maximum absolute atomic E-state index is 6.07. The van der Waals surface area contributed by atoms with E-state index in [1.54, 1.807) is 0 Å². The average molecular weight is 331 g/mol. The Labute approximate surface area is 147 Å². The molecule has 0 radical (unpaired) electrons. The predicted octanol–water partition coefficient (Wildman–Crippen LogP) is 4.89. The number of benzene rings is 1. The summed E-state index contributed by atoms with van der Waals surface area (Å²) in [7, 11) is 4.08. The molecule has 4 aromatic rings. The van der Waals surface area contributed by atoms with E-state index >= 15 is 0 Å². The highest BCUT2D eigenvalue weighted by Crippen LogP contribution is 2.34. The molecule has 0 fully saturated rings. The quantitative estimate of drug-likeness (QED) is 0.534. The highest BCUT2D eigenvalue weighted by molar-refractivity contribution is 5.80. The number of imidazole rings is 1. The molecule has 0 amide bonds. The molecule has 1 aromatic carbocycles. The van der Waals surface area contributed by atoms with E-state index in [0.29, 0.717) is 0 Å². The first-order valence-corrected chi connectivity index (χ1v) is 8.51. The minimum absolute atomic E-state index is 0.846. The second kappa shape index (κ2) is 6.13. The number of nitrogens with zero attached hydrogens (tertiary/aromatic N) is 3. The van der Waals surface area contributed by atoms with Gasteiger partial charge < -0.3 is 9.32 Å². The fourth-order valence-electron chi connectivity index (χ4n) is 3.03. The molecule has 3 heterocycles. The molecule has 0 saturated carbocycles. The molecule has 4 nitrogen and oxygen atoms in total. The standard InChI is InChI=1S/C21H21N3O/c1-4-17-11-12-18(25-17)21-20(15-8-6-5-7-9-15)22-19-13-10-16(23(2)3)14-24(19)21/h5-14H,4H2,1-3H3. The van der Waals surface area contributed by atoms with Gasteiger partial charge in [-0.2, -0.15) is 0 Å². The summed E-state index contributed by atoms with van der Waals surface area (Å²) < 4.78 is 8.19. The lowest BCUT2D eigenvalue weighted by Crippen LogP contribution is -2.09. The first-order valence-electron chi connectivity index (χ1n) is 8.51. The number of hydrogen-bond donors (Lipinski definition) is 0. The summed E-state index contributed by atoms with van der Waals surface area (Å²) in [6.07, 6.45) is 2.98. The van der Waals surface area contributed by atoms with Crippen LogP contribution in [0.1, 0.15) is 12.7 Å². The van der Waals surface area contributed by atoms with Gasteiger partial charge in [0.2, 0.25) is 0 Å². The molecule has 0 N–H and O–H groups in total. The van der Waals surface area contributed by atoms with E-state index in [1.165, 1.54) is 0 Å². The lowest BCUT2D eigenvalue weighted by atomic mass is 10.1. The van der Waals surface area contributed by atoms with Crippen LogP contribution in [0.15, 0.2) is 65.2 Å². The fraction of sp³-hybridized carbons (Fsp3) is 0.190. The SMILES string of the molecule is CCc1ccc(-c2c(-c3ccccc3)nc3ccc(N(C)C)cn23)o1. The van der Waals surface area contributed by atoms with Crippen molar-refractivity contribution < 1.29 is 4.42 Å². The molecular formula is C21H21N3O. The Hall–Kier alpha value is -3.01. The number of aromatic nitrogens is 2. The minimum Gasteiger partial charge on any atom is -0.459 e. The third-order valence-corrected chi connectivity index (χ3v) is 4.41. The van der Waals surface area contributed by atoms with Crippen LogP contribution < -0.4 is 4.90 Å². The Kier molecular flexibility index (Phi) is 3.80. The van der Waals surface area contributed by atoms with E-state index < -0.39 is 0 Å². The number of hydrogen-bond acceptors (Lipinski definition) is 3. The Morgan fingerprint density at radius 2 is 1.80 bits per heavy atom. The zero-order chi connectivity index (χ0) is 17.4. The van der Waals surface area contributed by atoms with Crippen LogP contribution in [0.5, 0.6) is 0 Å². The number of furan rings is 1. The second-order valence-electron chi connectivity index (χ2n) is 6.30. The first kappa shape index (κ1) is 15.5. The molecule has 126 valence electrons. The van der Waals surface area contributed by atoms with Crippen LogP contribution in [-0.4, -0.2) is 23.5 Å². The molecule has 3 aromatic heterocycles. The van der Waals surface area contributed by atoms with Crippen molar-refractivity contribution in [3.63, 3.8) is 0 Å². The smallest absolute Gasteiger partial charge is 0.153 e. The van der Waals surface area contributed by atoms with Gasteiger partial charge in [-0.1, -0.05) is 37.3 Å². The van der Waals surface area contributed by atoms with E-state index in [-0.39, 0.29) is 0 Å². The molecule has 0 aliphatic heterocycles. The molecule has 0 unspecified atom stereocenters. The van der Waals surface area contributed by atoms with Crippen LogP contribution in [0.3, 0.4) is 0 Å². The molecule has 0 saturated heterocycles. The van der Waals surface area contributed by atoms with E-state index in [4.69, 9.17) is 9.40 Å². The van der Waals surface area contributed by atoms with Crippen molar-refractivity contribution in [2.45, 2.75) is 13.3 Å². The number of fused-ring (bicyclic) bond motifs is 1. The van der Waals surface area contributed by atoms with Gasteiger partial charge in [-0.3, -0.25) is 4.40 Å². The van der Waals surface area contributed by atoms with Crippen LogP contribution in [-0.2, 0) is 6.42 Å². The van der Waals surface area contributed by atoms with Crippen molar-refractivity contribution >= 4 is 11.3 Å². The first-order chi connectivity index (χ1) is 12.2. The maximum atomic E-state index is 6.07. The number of aryl methyl sites for hydroxylation is 1. The third-order valence-electron chi connectivity index (χ3n) is 4.41. The number of rotatable bonds is 4. The summed E-state index contributed by atoms with van der Waals surface area (Å²) in [5, 5.41) is 0. The minimum atomic E-state index is 0.846. The molecule has 0 aliphatic rings. The largest absolute Gasteiger partial charge is 0.459 e. The Balaban J connectivity index is 2.02. The summed E-state index contributed by atoms with van der Waals surface area (Å²) >= 11 is 0. The van der Waals surface area contributed by atoms with Crippen LogP contribution >= 0.6 is 0 Å². The summed E-state index contributed by atoms with van der Waals surface area (Å²) in [5.41, 5.74) is 5.04. The topological polar surface area (TPSA) is 33.7 Å². The van der Waals surface area contributed by atoms with Gasteiger partial charge in [0.05, 0.1) is 5.69 Å². The number of anilines is 1. The summed E-state index contributed by atoms with van der Waals surface area (Å²) in [4.78, 5) is 6.97. The summed E-state index contributed by atoms with van der Waals surface area (Å²) in [6.45, 7) is 2.10. The van der Waals surface area contributed by atoms with Crippen molar-refractivity contribution in [3.05, 3.63) is 66.6 Å². The van der Waals surface area contributed by atoms with Crippen LogP contribution in [0.25, 0.3) is 28.4 Å². The van der Waals surface area contributed by atoms with E-state index in [0.717, 1.165) is 46.2 Å². The van der Waals surface area contributed by atoms with E-state index in [2.05, 4.69) is 46.7 Å². The highest BCUT2D eigenvalue weighted by Gasteiger charge is 2.19. The maximum Gasteiger partial charge on any atom is 0.153 e. The number of pyridine rings is 1. The lowest BCUT2D eigenvalue weighted by Gasteiger charge is -2.12. The molecule has 0 spiro atoms. The molecule has 0 atom stereocenters. The van der Waals surface area contributed by atoms with Gasteiger partial charge in [0.25, 0.3) is 0 Å². The normalized spacial score (nSPS) is 11.2. The van der Waals surface area contributed by atoms with E-state index in [1.807, 2.05) is 44.4 Å². The van der Waals surface area contributed by atoms with Gasteiger partial charge in [0.1, 0.15) is 22.8 Å².